The fraction of sp³-hybridized carbons (Fsp3) is 0.941. The van der Waals surface area contributed by atoms with E-state index in [1.807, 2.05) is 0 Å². The van der Waals surface area contributed by atoms with Crippen LogP contribution in [0.1, 0.15) is 70.6 Å². The van der Waals surface area contributed by atoms with Crippen LogP contribution in [-0.2, 0) is 9.53 Å². The maximum atomic E-state index is 12.8. The lowest BCUT2D eigenvalue weighted by atomic mass is 9.74. The Balaban J connectivity index is 1.62. The molecule has 114 valence electrons. The van der Waals surface area contributed by atoms with Crippen molar-refractivity contribution in [1.82, 2.24) is 5.32 Å². The van der Waals surface area contributed by atoms with Crippen LogP contribution in [-0.4, -0.2) is 30.6 Å². The number of carbonyl (C=O) groups is 1. The van der Waals surface area contributed by atoms with Gasteiger partial charge in [-0.05, 0) is 45.1 Å². The third-order valence-corrected chi connectivity index (χ3v) is 5.56. The number of Topliss-reactive ketones (excluding diaryl/α,β-unsaturated/α-hetero) is 1. The van der Waals surface area contributed by atoms with Crippen molar-refractivity contribution in [1.29, 1.82) is 0 Å². The molecule has 1 N–H and O–H groups in total. The second kappa shape index (κ2) is 6.57. The first kappa shape index (κ1) is 14.5. The number of ketones is 1. The summed E-state index contributed by atoms with van der Waals surface area (Å²) in [5.74, 6) is 0.734. The fourth-order valence-corrected chi connectivity index (χ4v) is 4.37. The highest BCUT2D eigenvalue weighted by Gasteiger charge is 2.41. The second-order valence-corrected chi connectivity index (χ2v) is 7.04. The van der Waals surface area contributed by atoms with Gasteiger partial charge in [-0.15, -0.1) is 0 Å². The summed E-state index contributed by atoms with van der Waals surface area (Å²) in [6.07, 6.45) is 12.9. The van der Waals surface area contributed by atoms with E-state index in [1.165, 1.54) is 51.4 Å². The lowest BCUT2D eigenvalue weighted by molar-refractivity contribution is -0.144. The van der Waals surface area contributed by atoms with Gasteiger partial charge in [0.15, 0.2) is 5.78 Å². The SMILES string of the molecule is O=C(C1CCOC2(CCCCC2)C1)C1CCCCCN1. The molecule has 1 aliphatic carbocycles. The Morgan fingerprint density at radius 1 is 1.00 bits per heavy atom. The van der Waals surface area contributed by atoms with Crippen molar-refractivity contribution in [3.05, 3.63) is 0 Å². The van der Waals surface area contributed by atoms with E-state index in [4.69, 9.17) is 4.74 Å². The van der Waals surface area contributed by atoms with Gasteiger partial charge < -0.3 is 10.1 Å². The first-order valence-corrected chi connectivity index (χ1v) is 8.70. The van der Waals surface area contributed by atoms with E-state index in [2.05, 4.69) is 5.32 Å². The number of nitrogens with one attached hydrogen (secondary N) is 1. The average molecular weight is 279 g/mol. The van der Waals surface area contributed by atoms with Crippen LogP contribution in [0.5, 0.6) is 0 Å². The first-order valence-electron chi connectivity index (χ1n) is 8.70. The molecular weight excluding hydrogens is 250 g/mol. The largest absolute Gasteiger partial charge is 0.375 e. The molecule has 2 heterocycles. The topological polar surface area (TPSA) is 38.3 Å². The van der Waals surface area contributed by atoms with Crippen molar-refractivity contribution in [3.63, 3.8) is 0 Å². The molecule has 20 heavy (non-hydrogen) atoms. The van der Waals surface area contributed by atoms with Gasteiger partial charge in [0, 0.05) is 12.5 Å². The average Bonchev–Trinajstić information content (AvgIpc) is 2.76. The molecule has 0 aromatic rings. The number of hydrogen-bond donors (Lipinski definition) is 1. The number of rotatable bonds is 2. The normalized spacial score (nSPS) is 34.6. The van der Waals surface area contributed by atoms with E-state index in [0.717, 1.165) is 32.4 Å². The van der Waals surface area contributed by atoms with Gasteiger partial charge in [-0.3, -0.25) is 4.79 Å². The molecule has 3 nitrogen and oxygen atoms in total. The van der Waals surface area contributed by atoms with E-state index in [-0.39, 0.29) is 17.6 Å². The summed E-state index contributed by atoms with van der Waals surface area (Å²) in [5.41, 5.74) is 0.0571. The molecule has 2 saturated heterocycles. The third-order valence-electron chi connectivity index (χ3n) is 5.56. The highest BCUT2D eigenvalue weighted by atomic mass is 16.5. The van der Waals surface area contributed by atoms with Crippen LogP contribution in [0.3, 0.4) is 0 Å². The number of ether oxygens (including phenoxy) is 1. The quantitative estimate of drug-likeness (QED) is 0.843. The molecule has 1 spiro atoms. The zero-order chi connectivity index (χ0) is 13.8. The van der Waals surface area contributed by atoms with E-state index >= 15 is 0 Å². The van der Waals surface area contributed by atoms with E-state index in [9.17, 15) is 4.79 Å². The molecule has 0 aromatic carbocycles. The summed E-state index contributed by atoms with van der Waals surface area (Å²) in [5, 5.41) is 3.48. The lowest BCUT2D eigenvalue weighted by Crippen LogP contribution is -2.47. The number of hydrogen-bond acceptors (Lipinski definition) is 3. The molecule has 2 unspecified atom stereocenters. The van der Waals surface area contributed by atoms with Crippen LogP contribution in [0.15, 0.2) is 0 Å². The van der Waals surface area contributed by atoms with Gasteiger partial charge in [-0.25, -0.2) is 0 Å². The molecule has 2 atom stereocenters. The molecular formula is C17H29NO2. The smallest absolute Gasteiger partial charge is 0.153 e. The van der Waals surface area contributed by atoms with Crippen LogP contribution in [0.25, 0.3) is 0 Å². The minimum atomic E-state index is 0.0571. The number of carbonyl (C=O) groups excluding carboxylic acids is 1. The zero-order valence-corrected chi connectivity index (χ0v) is 12.7. The Labute approximate surface area is 122 Å². The molecule has 0 radical (unpaired) electrons. The molecule has 3 heteroatoms. The molecule has 3 aliphatic rings. The van der Waals surface area contributed by atoms with Crippen molar-refractivity contribution in [3.8, 4) is 0 Å². The second-order valence-electron chi connectivity index (χ2n) is 7.04. The summed E-state index contributed by atoms with van der Waals surface area (Å²) in [4.78, 5) is 12.8. The summed E-state index contributed by atoms with van der Waals surface area (Å²) in [6, 6.07) is 0.126. The Morgan fingerprint density at radius 3 is 2.65 bits per heavy atom. The lowest BCUT2D eigenvalue weighted by Gasteiger charge is -2.43. The van der Waals surface area contributed by atoms with E-state index in [1.54, 1.807) is 0 Å². The predicted octanol–water partition coefficient (Wildman–Crippen LogP) is 3.22. The molecule has 0 aromatic heterocycles. The maximum absolute atomic E-state index is 12.8. The Bertz CT molecular complexity index is 322. The van der Waals surface area contributed by atoms with Gasteiger partial charge in [-0.1, -0.05) is 32.1 Å². The molecule has 2 aliphatic heterocycles. The molecule has 1 saturated carbocycles. The highest BCUT2D eigenvalue weighted by molar-refractivity contribution is 5.86. The summed E-state index contributed by atoms with van der Waals surface area (Å²) in [6.45, 7) is 1.81. The molecule has 0 bridgehead atoms. The maximum Gasteiger partial charge on any atom is 0.153 e. The molecule has 3 rings (SSSR count). The van der Waals surface area contributed by atoms with Crippen molar-refractivity contribution >= 4 is 5.78 Å². The van der Waals surface area contributed by atoms with Crippen LogP contribution in [0, 0.1) is 5.92 Å². The minimum absolute atomic E-state index is 0.0571. The zero-order valence-electron chi connectivity index (χ0n) is 12.7. The Hall–Kier alpha value is -0.410. The Morgan fingerprint density at radius 2 is 1.80 bits per heavy atom. The molecule has 3 fully saturated rings. The minimum Gasteiger partial charge on any atom is -0.375 e. The van der Waals surface area contributed by atoms with Gasteiger partial charge in [0.05, 0.1) is 11.6 Å². The first-order chi connectivity index (χ1) is 9.79. The summed E-state index contributed by atoms with van der Waals surface area (Å²) in [7, 11) is 0. The molecule has 0 amide bonds. The standard InChI is InChI=1S/C17H29NO2/c19-16(15-7-3-1-6-11-18-15)14-8-12-20-17(13-14)9-4-2-5-10-17/h14-15,18H,1-13H2. The van der Waals surface area contributed by atoms with Crippen molar-refractivity contribution < 1.29 is 9.53 Å². The third kappa shape index (κ3) is 3.25. The Kier molecular flexibility index (Phi) is 4.77. The van der Waals surface area contributed by atoms with Gasteiger partial charge in [0.1, 0.15) is 0 Å². The van der Waals surface area contributed by atoms with Gasteiger partial charge in [-0.2, -0.15) is 0 Å². The van der Waals surface area contributed by atoms with Crippen molar-refractivity contribution in [2.75, 3.05) is 13.2 Å². The van der Waals surface area contributed by atoms with Crippen molar-refractivity contribution in [2.24, 2.45) is 5.92 Å². The van der Waals surface area contributed by atoms with Gasteiger partial charge in [0.25, 0.3) is 0 Å². The van der Waals surface area contributed by atoms with Crippen LogP contribution in [0.4, 0.5) is 0 Å². The highest BCUT2D eigenvalue weighted by Crippen LogP contribution is 2.41. The van der Waals surface area contributed by atoms with E-state index in [0.29, 0.717) is 5.78 Å². The van der Waals surface area contributed by atoms with Crippen LogP contribution < -0.4 is 5.32 Å². The van der Waals surface area contributed by atoms with Gasteiger partial charge in [0.2, 0.25) is 0 Å². The van der Waals surface area contributed by atoms with Crippen molar-refractivity contribution in [2.45, 2.75) is 82.3 Å². The van der Waals surface area contributed by atoms with Gasteiger partial charge >= 0.3 is 0 Å². The van der Waals surface area contributed by atoms with Crippen LogP contribution in [0.2, 0.25) is 0 Å². The van der Waals surface area contributed by atoms with E-state index < -0.39 is 0 Å². The summed E-state index contributed by atoms with van der Waals surface area (Å²) < 4.78 is 6.13. The monoisotopic (exact) mass is 279 g/mol. The fourth-order valence-electron chi connectivity index (χ4n) is 4.37. The summed E-state index contributed by atoms with van der Waals surface area (Å²) >= 11 is 0. The predicted molar refractivity (Wildman–Crippen MR) is 79.8 cm³/mol. The van der Waals surface area contributed by atoms with Crippen LogP contribution >= 0.6 is 0 Å².